The second-order valence-corrected chi connectivity index (χ2v) is 4.90. The molecule has 0 radical (unpaired) electrons. The maximum atomic E-state index is 13.3. The zero-order valence-electron chi connectivity index (χ0n) is 11.7. The highest BCUT2D eigenvalue weighted by molar-refractivity contribution is 6.10. The van der Waals surface area contributed by atoms with Crippen molar-refractivity contribution >= 4 is 17.5 Å². The third-order valence-electron chi connectivity index (χ3n) is 3.60. The van der Waals surface area contributed by atoms with E-state index in [2.05, 4.69) is 4.99 Å². The van der Waals surface area contributed by atoms with Crippen LogP contribution in [0, 0.1) is 0 Å². The molecule has 0 unspecified atom stereocenters. The first-order valence-corrected chi connectivity index (χ1v) is 6.59. The van der Waals surface area contributed by atoms with Crippen LogP contribution in [-0.2, 0) is 6.42 Å². The zero-order valence-corrected chi connectivity index (χ0v) is 11.7. The zero-order chi connectivity index (χ0) is 14.7. The Bertz CT molecular complexity index is 550. The first kappa shape index (κ1) is 14.5. The third-order valence-corrected chi connectivity index (χ3v) is 3.60. The second kappa shape index (κ2) is 6.03. The number of alkyl halides is 2. The minimum absolute atomic E-state index is 0.00843. The smallest absolute Gasteiger partial charge is 0.264 e. The third kappa shape index (κ3) is 2.66. The van der Waals surface area contributed by atoms with Crippen molar-refractivity contribution in [2.24, 2.45) is 10.7 Å². The standard InChI is InChI=1S/C15H19F2N3/c1-19-9-11(8-18)12-6-10-4-3-5-20(2)14(10)7-13(12)15(16)17/h6-9,15H,3-5,18H2,1-2H3/b11-8+,19-9?. The summed E-state index contributed by atoms with van der Waals surface area (Å²) in [5.74, 6) is 0. The lowest BCUT2D eigenvalue weighted by Gasteiger charge is -2.29. The number of rotatable bonds is 3. The van der Waals surface area contributed by atoms with Crippen molar-refractivity contribution < 1.29 is 8.78 Å². The molecule has 1 aliphatic rings. The summed E-state index contributed by atoms with van der Waals surface area (Å²) in [7, 11) is 3.53. The molecular weight excluding hydrogens is 260 g/mol. The molecule has 0 spiro atoms. The molecule has 0 aromatic heterocycles. The summed E-state index contributed by atoms with van der Waals surface area (Å²) in [6.45, 7) is 0.894. The lowest BCUT2D eigenvalue weighted by Crippen LogP contribution is -2.25. The van der Waals surface area contributed by atoms with Gasteiger partial charge in [0.25, 0.3) is 6.43 Å². The van der Waals surface area contributed by atoms with Gasteiger partial charge in [0.2, 0.25) is 0 Å². The quantitative estimate of drug-likeness (QED) is 0.864. The van der Waals surface area contributed by atoms with Gasteiger partial charge >= 0.3 is 0 Å². The number of allylic oxidation sites excluding steroid dienone is 1. The number of hydrogen-bond donors (Lipinski definition) is 1. The summed E-state index contributed by atoms with van der Waals surface area (Å²) in [6.07, 6.45) is 2.23. The van der Waals surface area contributed by atoms with Crippen LogP contribution in [0.2, 0.25) is 0 Å². The molecule has 1 aliphatic heterocycles. The Balaban J connectivity index is 2.61. The van der Waals surface area contributed by atoms with E-state index in [1.807, 2.05) is 18.0 Å². The average Bonchev–Trinajstić information content (AvgIpc) is 2.44. The van der Waals surface area contributed by atoms with E-state index in [0.717, 1.165) is 30.6 Å². The van der Waals surface area contributed by atoms with Gasteiger partial charge in [0.05, 0.1) is 0 Å². The van der Waals surface area contributed by atoms with Crippen LogP contribution in [0.15, 0.2) is 23.3 Å². The topological polar surface area (TPSA) is 41.6 Å². The number of aliphatic imine (C=N–C) groups is 1. The van der Waals surface area contributed by atoms with Gasteiger partial charge in [0.1, 0.15) is 0 Å². The lowest BCUT2D eigenvalue weighted by atomic mass is 9.92. The molecule has 5 heteroatoms. The number of anilines is 1. The molecule has 0 saturated heterocycles. The molecule has 0 bridgehead atoms. The van der Waals surface area contributed by atoms with Gasteiger partial charge < -0.3 is 10.6 Å². The van der Waals surface area contributed by atoms with Crippen molar-refractivity contribution in [3.63, 3.8) is 0 Å². The molecule has 1 aromatic carbocycles. The number of nitrogens with zero attached hydrogens (tertiary/aromatic N) is 2. The molecule has 0 amide bonds. The Hall–Kier alpha value is -1.91. The van der Waals surface area contributed by atoms with E-state index in [1.165, 1.54) is 12.4 Å². The molecule has 2 N–H and O–H groups in total. The summed E-state index contributed by atoms with van der Waals surface area (Å²) in [5, 5.41) is 0. The van der Waals surface area contributed by atoms with Crippen LogP contribution in [0.1, 0.15) is 29.5 Å². The Kier molecular flexibility index (Phi) is 4.37. The van der Waals surface area contributed by atoms with E-state index < -0.39 is 6.43 Å². The number of hydrogen-bond acceptors (Lipinski definition) is 3. The number of aryl methyl sites for hydroxylation is 1. The summed E-state index contributed by atoms with van der Waals surface area (Å²) in [5.41, 5.74) is 8.54. The molecule has 20 heavy (non-hydrogen) atoms. The summed E-state index contributed by atoms with van der Waals surface area (Å²) in [6, 6.07) is 3.41. The fourth-order valence-electron chi connectivity index (χ4n) is 2.60. The molecule has 108 valence electrons. The van der Waals surface area contributed by atoms with Crippen molar-refractivity contribution in [3.8, 4) is 0 Å². The van der Waals surface area contributed by atoms with E-state index in [9.17, 15) is 8.78 Å². The van der Waals surface area contributed by atoms with Gasteiger partial charge in [0, 0.05) is 49.9 Å². The monoisotopic (exact) mass is 279 g/mol. The predicted octanol–water partition coefficient (Wildman–Crippen LogP) is 3.01. The highest BCUT2D eigenvalue weighted by atomic mass is 19.3. The van der Waals surface area contributed by atoms with Crippen LogP contribution in [0.3, 0.4) is 0 Å². The number of fused-ring (bicyclic) bond motifs is 1. The molecule has 0 fully saturated rings. The summed E-state index contributed by atoms with van der Waals surface area (Å²) in [4.78, 5) is 5.90. The average molecular weight is 279 g/mol. The number of nitrogens with two attached hydrogens (primary N) is 1. The molecule has 3 nitrogen and oxygen atoms in total. The van der Waals surface area contributed by atoms with Gasteiger partial charge in [-0.15, -0.1) is 0 Å². The lowest BCUT2D eigenvalue weighted by molar-refractivity contribution is 0.151. The second-order valence-electron chi connectivity index (χ2n) is 4.90. The van der Waals surface area contributed by atoms with Crippen LogP contribution in [0.25, 0.3) is 5.57 Å². The van der Waals surface area contributed by atoms with Crippen molar-refractivity contribution in [2.45, 2.75) is 19.3 Å². The van der Waals surface area contributed by atoms with E-state index >= 15 is 0 Å². The van der Waals surface area contributed by atoms with Crippen LogP contribution in [-0.4, -0.2) is 26.9 Å². The van der Waals surface area contributed by atoms with Gasteiger partial charge in [0.15, 0.2) is 0 Å². The Morgan fingerprint density at radius 3 is 2.80 bits per heavy atom. The van der Waals surface area contributed by atoms with Gasteiger partial charge in [-0.05, 0) is 36.1 Å². The fourth-order valence-corrected chi connectivity index (χ4v) is 2.60. The van der Waals surface area contributed by atoms with E-state index in [4.69, 9.17) is 5.73 Å². The minimum atomic E-state index is -2.54. The Morgan fingerprint density at radius 1 is 1.45 bits per heavy atom. The SMILES string of the molecule is CN=C/C(=C\N)c1cc2c(cc1C(F)F)N(C)CCC2. The molecule has 1 heterocycles. The van der Waals surface area contributed by atoms with Crippen LogP contribution >= 0.6 is 0 Å². The molecule has 2 rings (SSSR count). The number of halogens is 2. The highest BCUT2D eigenvalue weighted by Gasteiger charge is 2.22. The van der Waals surface area contributed by atoms with Crippen molar-refractivity contribution in [1.82, 2.24) is 0 Å². The van der Waals surface area contributed by atoms with Crippen molar-refractivity contribution in [1.29, 1.82) is 0 Å². The Morgan fingerprint density at radius 2 is 2.20 bits per heavy atom. The van der Waals surface area contributed by atoms with E-state index in [1.54, 1.807) is 13.1 Å². The van der Waals surface area contributed by atoms with Crippen LogP contribution in [0.4, 0.5) is 14.5 Å². The van der Waals surface area contributed by atoms with Crippen LogP contribution in [0.5, 0.6) is 0 Å². The number of benzene rings is 1. The van der Waals surface area contributed by atoms with Gasteiger partial charge in [-0.25, -0.2) is 8.78 Å². The van der Waals surface area contributed by atoms with E-state index in [-0.39, 0.29) is 5.56 Å². The molecule has 0 saturated carbocycles. The maximum Gasteiger partial charge on any atom is 0.264 e. The largest absolute Gasteiger partial charge is 0.404 e. The summed E-state index contributed by atoms with van der Waals surface area (Å²) >= 11 is 0. The summed E-state index contributed by atoms with van der Waals surface area (Å²) < 4.78 is 26.7. The van der Waals surface area contributed by atoms with Gasteiger partial charge in [-0.2, -0.15) is 0 Å². The first-order valence-electron chi connectivity index (χ1n) is 6.59. The van der Waals surface area contributed by atoms with Crippen LogP contribution < -0.4 is 10.6 Å². The first-order chi connectivity index (χ1) is 9.58. The van der Waals surface area contributed by atoms with Crippen molar-refractivity contribution in [3.05, 3.63) is 35.0 Å². The normalized spacial score (nSPS) is 16.1. The Labute approximate surface area is 117 Å². The van der Waals surface area contributed by atoms with Crippen molar-refractivity contribution in [2.75, 3.05) is 25.5 Å². The van der Waals surface area contributed by atoms with Gasteiger partial charge in [-0.3, -0.25) is 4.99 Å². The highest BCUT2D eigenvalue weighted by Crippen LogP contribution is 2.36. The molecule has 0 aliphatic carbocycles. The van der Waals surface area contributed by atoms with Gasteiger partial charge in [-0.1, -0.05) is 0 Å². The molecule has 1 aromatic rings. The molecule has 0 atom stereocenters. The predicted molar refractivity (Wildman–Crippen MR) is 79.6 cm³/mol. The maximum absolute atomic E-state index is 13.3. The fraction of sp³-hybridized carbons (Fsp3) is 0.400. The molecular formula is C15H19F2N3. The minimum Gasteiger partial charge on any atom is -0.404 e. The van der Waals surface area contributed by atoms with E-state index in [0.29, 0.717) is 11.1 Å².